The number of hydrogen-bond acceptors (Lipinski definition) is 5. The number of phenols is 1. The number of aromatic hydroxyl groups is 1. The van der Waals surface area contributed by atoms with E-state index in [2.05, 4.69) is 15.3 Å². The summed E-state index contributed by atoms with van der Waals surface area (Å²) in [6, 6.07) is 8.10. The Morgan fingerprint density at radius 3 is 2.77 bits per heavy atom. The molecule has 22 heavy (non-hydrogen) atoms. The highest BCUT2D eigenvalue weighted by molar-refractivity contribution is 7.17. The molecule has 5 nitrogen and oxygen atoms in total. The molecule has 0 aliphatic heterocycles. The number of carbonyl (C=O) groups excluding carboxylic acids is 1. The summed E-state index contributed by atoms with van der Waals surface area (Å²) in [5.74, 6) is -0.396. The second-order valence-electron chi connectivity index (χ2n) is 4.38. The number of phenolic OH excluding ortho intramolecular Hbond substituents is 1. The molecule has 0 radical (unpaired) electrons. The molecule has 0 unspecified atom stereocenters. The Balaban J connectivity index is 1.81. The van der Waals surface area contributed by atoms with Crippen molar-refractivity contribution in [3.05, 3.63) is 58.8 Å². The molecule has 2 heterocycles. The normalized spacial score (nSPS) is 10.4. The van der Waals surface area contributed by atoms with E-state index in [-0.39, 0.29) is 17.3 Å². The maximum absolute atomic E-state index is 12.2. The minimum absolute atomic E-state index is 0.0448. The zero-order chi connectivity index (χ0) is 15.5. The molecule has 1 aromatic carbocycles. The number of nitrogens with one attached hydrogen (secondary N) is 1. The molecule has 0 atom stereocenters. The number of anilines is 1. The molecule has 0 saturated carbocycles. The number of aromatic nitrogens is 2. The Morgan fingerprint density at radius 2 is 2.00 bits per heavy atom. The third kappa shape index (κ3) is 3.08. The van der Waals surface area contributed by atoms with E-state index in [1.54, 1.807) is 18.5 Å². The van der Waals surface area contributed by atoms with E-state index < -0.39 is 0 Å². The molecule has 0 fully saturated rings. The third-order valence-corrected chi connectivity index (χ3v) is 4.14. The van der Waals surface area contributed by atoms with Crippen LogP contribution in [0.15, 0.2) is 48.9 Å². The summed E-state index contributed by atoms with van der Waals surface area (Å²) in [6.45, 7) is 0. The lowest BCUT2D eigenvalue weighted by molar-refractivity contribution is 0.103. The van der Waals surface area contributed by atoms with Crippen LogP contribution < -0.4 is 5.32 Å². The highest BCUT2D eigenvalue weighted by atomic mass is 35.5. The van der Waals surface area contributed by atoms with E-state index in [1.165, 1.54) is 29.7 Å². The van der Waals surface area contributed by atoms with Gasteiger partial charge in [-0.1, -0.05) is 11.6 Å². The summed E-state index contributed by atoms with van der Waals surface area (Å²) in [5, 5.41) is 13.5. The van der Waals surface area contributed by atoms with Gasteiger partial charge in [0.2, 0.25) is 0 Å². The Hall–Kier alpha value is -2.44. The average Bonchev–Trinajstić information content (AvgIpc) is 3.02. The Kier molecular flexibility index (Phi) is 4.04. The van der Waals surface area contributed by atoms with Crippen molar-refractivity contribution in [2.75, 3.05) is 5.32 Å². The number of benzene rings is 1. The van der Waals surface area contributed by atoms with Crippen LogP contribution in [0.2, 0.25) is 5.02 Å². The summed E-state index contributed by atoms with van der Waals surface area (Å²) in [7, 11) is 0. The molecule has 0 bridgehead atoms. The molecule has 3 aromatic rings. The van der Waals surface area contributed by atoms with Gasteiger partial charge in [0.05, 0.1) is 11.9 Å². The molecule has 110 valence electrons. The first-order chi connectivity index (χ1) is 10.6. The fourth-order valence-corrected chi connectivity index (χ4v) is 2.79. The van der Waals surface area contributed by atoms with Gasteiger partial charge in [0.15, 0.2) is 0 Å². The van der Waals surface area contributed by atoms with Gasteiger partial charge in [-0.2, -0.15) is 0 Å². The lowest BCUT2D eigenvalue weighted by Crippen LogP contribution is -2.10. The number of pyridine rings is 1. The van der Waals surface area contributed by atoms with Crippen molar-refractivity contribution in [2.24, 2.45) is 0 Å². The molecule has 2 aromatic heterocycles. The minimum atomic E-state index is -0.352. The number of hydrogen-bond donors (Lipinski definition) is 2. The maximum atomic E-state index is 12.2. The first-order valence-corrected chi connectivity index (χ1v) is 7.49. The van der Waals surface area contributed by atoms with Gasteiger partial charge in [-0.15, -0.1) is 11.3 Å². The summed E-state index contributed by atoms with van der Waals surface area (Å²) in [4.78, 5) is 20.8. The van der Waals surface area contributed by atoms with Crippen molar-refractivity contribution in [3.8, 4) is 16.3 Å². The van der Waals surface area contributed by atoms with Crippen LogP contribution in [0.3, 0.4) is 0 Å². The van der Waals surface area contributed by atoms with E-state index in [0.29, 0.717) is 9.90 Å². The third-order valence-electron chi connectivity index (χ3n) is 2.86. The number of thiazole rings is 1. The first kappa shape index (κ1) is 14.5. The smallest absolute Gasteiger partial charge is 0.267 e. The van der Waals surface area contributed by atoms with Gasteiger partial charge in [0.1, 0.15) is 15.6 Å². The molecule has 2 N–H and O–H groups in total. The van der Waals surface area contributed by atoms with E-state index >= 15 is 0 Å². The molecule has 0 saturated heterocycles. The lowest BCUT2D eigenvalue weighted by atomic mass is 10.3. The molecule has 7 heteroatoms. The van der Waals surface area contributed by atoms with Gasteiger partial charge in [0, 0.05) is 23.0 Å². The van der Waals surface area contributed by atoms with Crippen LogP contribution in [-0.4, -0.2) is 21.0 Å². The highest BCUT2D eigenvalue weighted by Crippen LogP contribution is 2.29. The number of carbonyl (C=O) groups is 1. The van der Waals surface area contributed by atoms with Crippen molar-refractivity contribution >= 4 is 34.5 Å². The first-order valence-electron chi connectivity index (χ1n) is 6.29. The van der Waals surface area contributed by atoms with Gasteiger partial charge in [-0.3, -0.25) is 9.78 Å². The minimum Gasteiger partial charge on any atom is -0.506 e. The van der Waals surface area contributed by atoms with Crippen LogP contribution in [0.4, 0.5) is 5.69 Å². The number of rotatable bonds is 3. The molecule has 0 aliphatic rings. The molecule has 1 amide bonds. The topological polar surface area (TPSA) is 75.1 Å². The summed E-state index contributed by atoms with van der Waals surface area (Å²) >= 11 is 7.11. The van der Waals surface area contributed by atoms with Crippen molar-refractivity contribution in [1.29, 1.82) is 0 Å². The highest BCUT2D eigenvalue weighted by Gasteiger charge is 2.13. The van der Waals surface area contributed by atoms with Gasteiger partial charge >= 0.3 is 0 Å². The Labute approximate surface area is 135 Å². The van der Waals surface area contributed by atoms with E-state index in [1.807, 2.05) is 12.1 Å². The number of nitrogens with zero attached hydrogens (tertiary/aromatic N) is 2. The van der Waals surface area contributed by atoms with Crippen molar-refractivity contribution < 1.29 is 9.90 Å². The van der Waals surface area contributed by atoms with Gasteiger partial charge in [0.25, 0.3) is 5.91 Å². The largest absolute Gasteiger partial charge is 0.506 e. The monoisotopic (exact) mass is 331 g/mol. The second-order valence-corrected chi connectivity index (χ2v) is 5.85. The molecular weight excluding hydrogens is 322 g/mol. The van der Waals surface area contributed by atoms with Gasteiger partial charge in [-0.25, -0.2) is 4.98 Å². The quantitative estimate of drug-likeness (QED) is 0.715. The zero-order valence-corrected chi connectivity index (χ0v) is 12.7. The fourth-order valence-electron chi connectivity index (χ4n) is 1.80. The summed E-state index contributed by atoms with van der Waals surface area (Å²) in [6.07, 6.45) is 4.83. The maximum Gasteiger partial charge on any atom is 0.267 e. The van der Waals surface area contributed by atoms with E-state index in [0.717, 1.165) is 10.6 Å². The second kappa shape index (κ2) is 6.13. The summed E-state index contributed by atoms with van der Waals surface area (Å²) < 4.78 is 0. The molecular formula is C15H10ClN3O2S. The zero-order valence-electron chi connectivity index (χ0n) is 11.2. The number of amides is 1. The molecule has 0 spiro atoms. The predicted octanol–water partition coefficient (Wildman–Crippen LogP) is 3.82. The van der Waals surface area contributed by atoms with Crippen molar-refractivity contribution in [3.63, 3.8) is 0 Å². The standard InChI is InChI=1S/C15H10ClN3O2S/c16-10-1-2-12(20)11(7-10)19-14(21)13-8-18-15(22-13)9-3-5-17-6-4-9/h1-8,20H,(H,19,21). The van der Waals surface area contributed by atoms with Crippen molar-refractivity contribution in [1.82, 2.24) is 9.97 Å². The van der Waals surface area contributed by atoms with Gasteiger partial charge in [-0.05, 0) is 30.3 Å². The van der Waals surface area contributed by atoms with Crippen LogP contribution in [0.5, 0.6) is 5.75 Å². The number of halogens is 1. The lowest BCUT2D eigenvalue weighted by Gasteiger charge is -2.06. The van der Waals surface area contributed by atoms with Crippen LogP contribution in [-0.2, 0) is 0 Å². The van der Waals surface area contributed by atoms with Crippen LogP contribution in [0.1, 0.15) is 9.67 Å². The predicted molar refractivity (Wildman–Crippen MR) is 86.4 cm³/mol. The fraction of sp³-hybridized carbons (Fsp3) is 0. The van der Waals surface area contributed by atoms with Crippen LogP contribution >= 0.6 is 22.9 Å². The Bertz CT molecular complexity index is 821. The Morgan fingerprint density at radius 1 is 1.23 bits per heavy atom. The van der Waals surface area contributed by atoms with Crippen LogP contribution in [0, 0.1) is 0 Å². The van der Waals surface area contributed by atoms with Gasteiger partial charge < -0.3 is 10.4 Å². The molecule has 3 rings (SSSR count). The van der Waals surface area contributed by atoms with Crippen molar-refractivity contribution in [2.45, 2.75) is 0 Å². The SMILES string of the molecule is O=C(Nc1cc(Cl)ccc1O)c1cnc(-c2ccncc2)s1. The van der Waals surface area contributed by atoms with Crippen LogP contribution in [0.25, 0.3) is 10.6 Å². The average molecular weight is 332 g/mol. The summed E-state index contributed by atoms with van der Waals surface area (Å²) in [5.41, 5.74) is 1.15. The molecule has 0 aliphatic carbocycles. The van der Waals surface area contributed by atoms with E-state index in [4.69, 9.17) is 11.6 Å². The van der Waals surface area contributed by atoms with E-state index in [9.17, 15) is 9.90 Å².